The van der Waals surface area contributed by atoms with Crippen LogP contribution in [0.25, 0.3) is 17.4 Å². The summed E-state index contributed by atoms with van der Waals surface area (Å²) in [5.74, 6) is 0.156. The highest BCUT2D eigenvalue weighted by Gasteiger charge is 2.40. The SMILES string of the molecule is CC(=O)c1ccc(-c2ccc(C=C3C(=O)N(C4CCCC4)C(=O)C(C#N)=C3C)o2)cc1. The molecule has 2 amide bonds. The number of furan rings is 1. The van der Waals surface area contributed by atoms with Crippen molar-refractivity contribution in [2.75, 3.05) is 0 Å². The molecule has 1 aromatic heterocycles. The molecule has 0 spiro atoms. The summed E-state index contributed by atoms with van der Waals surface area (Å²) >= 11 is 0. The zero-order valence-corrected chi connectivity index (χ0v) is 17.5. The van der Waals surface area contributed by atoms with Crippen LogP contribution >= 0.6 is 0 Å². The van der Waals surface area contributed by atoms with Gasteiger partial charge in [-0.3, -0.25) is 19.3 Å². The average Bonchev–Trinajstić information content (AvgIpc) is 3.44. The molecule has 1 fully saturated rings. The summed E-state index contributed by atoms with van der Waals surface area (Å²) in [7, 11) is 0. The fraction of sp³-hybridized carbons (Fsp3) is 0.280. The summed E-state index contributed by atoms with van der Waals surface area (Å²) < 4.78 is 5.90. The number of imide groups is 1. The Kier molecular flexibility index (Phi) is 5.43. The van der Waals surface area contributed by atoms with E-state index >= 15 is 0 Å². The predicted molar refractivity (Wildman–Crippen MR) is 115 cm³/mol. The number of nitrogens with zero attached hydrogens (tertiary/aromatic N) is 2. The summed E-state index contributed by atoms with van der Waals surface area (Å²) in [6.45, 7) is 3.13. The lowest BCUT2D eigenvalue weighted by atomic mass is 9.93. The highest BCUT2D eigenvalue weighted by atomic mass is 16.3. The molecule has 2 heterocycles. The fourth-order valence-electron chi connectivity index (χ4n) is 4.19. The maximum Gasteiger partial charge on any atom is 0.271 e. The molecular formula is C25H22N2O4. The fourth-order valence-corrected chi connectivity index (χ4v) is 4.19. The molecule has 2 aromatic rings. The number of hydrogen-bond donors (Lipinski definition) is 0. The quantitative estimate of drug-likeness (QED) is 0.411. The third-order valence-electron chi connectivity index (χ3n) is 5.95. The molecule has 0 atom stereocenters. The van der Waals surface area contributed by atoms with E-state index in [1.807, 2.05) is 6.07 Å². The molecule has 6 heteroatoms. The number of ketones is 1. The van der Waals surface area contributed by atoms with Crippen LogP contribution in [0.4, 0.5) is 0 Å². The molecule has 0 radical (unpaired) electrons. The maximum atomic E-state index is 13.2. The van der Waals surface area contributed by atoms with E-state index in [0.717, 1.165) is 31.2 Å². The summed E-state index contributed by atoms with van der Waals surface area (Å²) in [6, 6.07) is 12.4. The van der Waals surface area contributed by atoms with Crippen molar-refractivity contribution in [2.45, 2.75) is 45.6 Å². The smallest absolute Gasteiger partial charge is 0.271 e. The minimum atomic E-state index is -0.500. The molecule has 156 valence electrons. The monoisotopic (exact) mass is 414 g/mol. The van der Waals surface area contributed by atoms with Crippen LogP contribution in [0.3, 0.4) is 0 Å². The number of carbonyl (C=O) groups is 3. The molecule has 0 N–H and O–H groups in total. The molecule has 1 saturated carbocycles. The molecule has 1 aromatic carbocycles. The molecule has 1 aliphatic carbocycles. The van der Waals surface area contributed by atoms with Crippen LogP contribution in [0, 0.1) is 11.3 Å². The minimum Gasteiger partial charge on any atom is -0.457 e. The third-order valence-corrected chi connectivity index (χ3v) is 5.95. The van der Waals surface area contributed by atoms with Crippen molar-refractivity contribution in [3.8, 4) is 17.4 Å². The lowest BCUT2D eigenvalue weighted by Gasteiger charge is -2.31. The van der Waals surface area contributed by atoms with Gasteiger partial charge in [-0.05, 0) is 50.5 Å². The number of rotatable bonds is 4. The first-order valence-corrected chi connectivity index (χ1v) is 10.3. The Balaban J connectivity index is 1.69. The Labute approximate surface area is 180 Å². The van der Waals surface area contributed by atoms with E-state index in [2.05, 4.69) is 0 Å². The van der Waals surface area contributed by atoms with Crippen molar-refractivity contribution >= 4 is 23.7 Å². The zero-order valence-electron chi connectivity index (χ0n) is 17.5. The standard InChI is InChI=1S/C25H22N2O4/c1-15-21(24(29)27(19-5-3-4-6-19)25(30)22(15)14-26)13-20-11-12-23(31-20)18-9-7-17(8-10-18)16(2)28/h7-13,19H,3-6H2,1-2H3. The largest absolute Gasteiger partial charge is 0.457 e. The van der Waals surface area contributed by atoms with Gasteiger partial charge in [-0.1, -0.05) is 37.1 Å². The second-order valence-electron chi connectivity index (χ2n) is 7.92. The maximum absolute atomic E-state index is 13.2. The van der Waals surface area contributed by atoms with Crippen molar-refractivity contribution in [1.29, 1.82) is 5.26 Å². The van der Waals surface area contributed by atoms with Gasteiger partial charge in [0.15, 0.2) is 5.78 Å². The molecule has 0 bridgehead atoms. The van der Waals surface area contributed by atoms with Gasteiger partial charge in [-0.2, -0.15) is 5.26 Å². The van der Waals surface area contributed by atoms with Gasteiger partial charge in [0.1, 0.15) is 23.2 Å². The topological polar surface area (TPSA) is 91.4 Å². The van der Waals surface area contributed by atoms with E-state index in [-0.39, 0.29) is 23.3 Å². The summed E-state index contributed by atoms with van der Waals surface area (Å²) in [5.41, 5.74) is 2.10. The third kappa shape index (κ3) is 3.75. The van der Waals surface area contributed by atoms with Gasteiger partial charge in [0.25, 0.3) is 11.8 Å². The van der Waals surface area contributed by atoms with Gasteiger partial charge in [-0.25, -0.2) is 0 Å². The average molecular weight is 414 g/mol. The summed E-state index contributed by atoms with van der Waals surface area (Å²) in [4.78, 5) is 38.7. The van der Waals surface area contributed by atoms with E-state index in [9.17, 15) is 19.6 Å². The van der Waals surface area contributed by atoms with Crippen LogP contribution in [-0.4, -0.2) is 28.5 Å². The van der Waals surface area contributed by atoms with Crippen molar-refractivity contribution < 1.29 is 18.8 Å². The molecule has 1 aliphatic heterocycles. The predicted octanol–water partition coefficient (Wildman–Crippen LogP) is 4.68. The lowest BCUT2D eigenvalue weighted by molar-refractivity contribution is -0.143. The van der Waals surface area contributed by atoms with Gasteiger partial charge in [-0.15, -0.1) is 0 Å². The molecule has 0 unspecified atom stereocenters. The zero-order chi connectivity index (χ0) is 22.1. The Hall–Kier alpha value is -3.72. The van der Waals surface area contributed by atoms with E-state index < -0.39 is 5.91 Å². The number of Topliss-reactive ketones (excluding diaryl/α,β-unsaturated/α-hetero) is 1. The number of amides is 2. The van der Waals surface area contributed by atoms with Gasteiger partial charge >= 0.3 is 0 Å². The van der Waals surface area contributed by atoms with Crippen molar-refractivity contribution in [2.24, 2.45) is 0 Å². The molecule has 2 aliphatic rings. The van der Waals surface area contributed by atoms with Crippen LogP contribution in [0.2, 0.25) is 0 Å². The van der Waals surface area contributed by atoms with Crippen molar-refractivity contribution in [3.05, 3.63) is 64.4 Å². The van der Waals surface area contributed by atoms with Crippen LogP contribution in [-0.2, 0) is 9.59 Å². The first-order valence-electron chi connectivity index (χ1n) is 10.3. The van der Waals surface area contributed by atoms with Crippen LogP contribution in [0.1, 0.15) is 55.6 Å². The highest BCUT2D eigenvalue weighted by Crippen LogP contribution is 2.33. The first-order chi connectivity index (χ1) is 14.9. The molecule has 31 heavy (non-hydrogen) atoms. The van der Waals surface area contributed by atoms with Gasteiger partial charge in [0.05, 0.1) is 0 Å². The normalized spacial score (nSPS) is 18.7. The number of hydrogen-bond acceptors (Lipinski definition) is 5. The molecule has 6 nitrogen and oxygen atoms in total. The van der Waals surface area contributed by atoms with E-state index in [4.69, 9.17) is 4.42 Å². The van der Waals surface area contributed by atoms with Crippen LogP contribution in [0.15, 0.2) is 57.5 Å². The van der Waals surface area contributed by atoms with Gasteiger partial charge < -0.3 is 4.42 Å². The van der Waals surface area contributed by atoms with E-state index in [1.165, 1.54) is 11.8 Å². The summed E-state index contributed by atoms with van der Waals surface area (Å²) in [5, 5.41) is 9.54. The number of nitriles is 1. The Morgan fingerprint density at radius 2 is 1.77 bits per heavy atom. The van der Waals surface area contributed by atoms with Gasteiger partial charge in [0, 0.05) is 22.7 Å². The Morgan fingerprint density at radius 1 is 1.10 bits per heavy atom. The second-order valence-corrected chi connectivity index (χ2v) is 7.92. The highest BCUT2D eigenvalue weighted by molar-refractivity contribution is 6.19. The first kappa shape index (κ1) is 20.5. The Bertz CT molecular complexity index is 1170. The summed E-state index contributed by atoms with van der Waals surface area (Å²) in [6.07, 6.45) is 5.06. The Morgan fingerprint density at radius 3 is 2.39 bits per heavy atom. The van der Waals surface area contributed by atoms with E-state index in [0.29, 0.717) is 28.2 Å². The van der Waals surface area contributed by atoms with Crippen LogP contribution in [0.5, 0.6) is 0 Å². The van der Waals surface area contributed by atoms with Gasteiger partial charge in [0.2, 0.25) is 0 Å². The van der Waals surface area contributed by atoms with Crippen molar-refractivity contribution in [1.82, 2.24) is 4.90 Å². The van der Waals surface area contributed by atoms with Crippen LogP contribution < -0.4 is 0 Å². The molecule has 4 rings (SSSR count). The van der Waals surface area contributed by atoms with Crippen molar-refractivity contribution in [3.63, 3.8) is 0 Å². The number of benzene rings is 1. The lowest BCUT2D eigenvalue weighted by Crippen LogP contribution is -2.47. The number of carbonyl (C=O) groups excluding carboxylic acids is 3. The molecule has 0 saturated heterocycles. The minimum absolute atomic E-state index is 0.00403. The second kappa shape index (κ2) is 8.19. The molecular weight excluding hydrogens is 392 g/mol. The van der Waals surface area contributed by atoms with E-state index in [1.54, 1.807) is 49.4 Å².